The fraction of sp³-hybridized carbons (Fsp3) is 0.440. The SMILES string of the molecule is CC(=O)N1[C@H](C)[C@H]2[C@@H](/C=C/c3ccc(-c4cccnc4C#N)c(C)n3)[C@H](C)C(F)(F)C[C@H]2S1(=O)=O. The number of rotatable bonds is 3. The number of pyridine rings is 2. The molecule has 3 heterocycles. The summed E-state index contributed by atoms with van der Waals surface area (Å²) in [4.78, 5) is 20.7. The third-order valence-electron chi connectivity index (χ3n) is 7.29. The van der Waals surface area contributed by atoms with Crippen molar-refractivity contribution >= 4 is 22.0 Å². The van der Waals surface area contributed by atoms with E-state index < -0.39 is 57.3 Å². The number of allylic oxidation sites excluding steroid dienone is 1. The molecule has 10 heteroatoms. The van der Waals surface area contributed by atoms with Gasteiger partial charge in [-0.3, -0.25) is 9.78 Å². The molecule has 0 N–H and O–H groups in total. The van der Waals surface area contributed by atoms with Gasteiger partial charge in [-0.1, -0.05) is 19.1 Å². The summed E-state index contributed by atoms with van der Waals surface area (Å²) in [5, 5.41) is 8.01. The van der Waals surface area contributed by atoms with Crippen LogP contribution in [0.15, 0.2) is 36.5 Å². The molecule has 1 saturated heterocycles. The Bertz CT molecular complexity index is 1350. The Morgan fingerprint density at radius 1 is 1.26 bits per heavy atom. The largest absolute Gasteiger partial charge is 0.274 e. The van der Waals surface area contributed by atoms with Gasteiger partial charge in [0.25, 0.3) is 5.92 Å². The van der Waals surface area contributed by atoms with Crippen molar-refractivity contribution in [3.63, 3.8) is 0 Å². The molecule has 35 heavy (non-hydrogen) atoms. The van der Waals surface area contributed by atoms with Crippen LogP contribution in [-0.2, 0) is 14.8 Å². The van der Waals surface area contributed by atoms with Gasteiger partial charge in [0.05, 0.1) is 10.9 Å². The summed E-state index contributed by atoms with van der Waals surface area (Å²) in [6, 6.07) is 8.35. The van der Waals surface area contributed by atoms with E-state index in [0.29, 0.717) is 17.0 Å². The normalized spacial score (nSPS) is 29.1. The van der Waals surface area contributed by atoms with Crippen LogP contribution in [-0.4, -0.2) is 45.8 Å². The summed E-state index contributed by atoms with van der Waals surface area (Å²) in [6.45, 7) is 5.96. The number of sulfonamides is 1. The molecule has 0 unspecified atom stereocenters. The maximum atomic E-state index is 14.9. The van der Waals surface area contributed by atoms with Crippen molar-refractivity contribution in [2.45, 2.75) is 51.3 Å². The lowest BCUT2D eigenvalue weighted by Crippen LogP contribution is -2.49. The van der Waals surface area contributed by atoms with Crippen LogP contribution in [0.4, 0.5) is 8.78 Å². The summed E-state index contributed by atoms with van der Waals surface area (Å²) < 4.78 is 56.6. The highest BCUT2D eigenvalue weighted by Gasteiger charge is 2.63. The molecule has 7 nitrogen and oxygen atoms in total. The second kappa shape index (κ2) is 8.79. The monoisotopic (exact) mass is 500 g/mol. The van der Waals surface area contributed by atoms with Crippen LogP contribution in [0, 0.1) is 36.0 Å². The minimum Gasteiger partial charge on any atom is -0.274 e. The molecule has 1 amide bonds. The zero-order valence-corrected chi connectivity index (χ0v) is 20.6. The van der Waals surface area contributed by atoms with Crippen molar-refractivity contribution in [3.05, 3.63) is 53.6 Å². The van der Waals surface area contributed by atoms with Gasteiger partial charge in [0.2, 0.25) is 15.9 Å². The van der Waals surface area contributed by atoms with Crippen molar-refractivity contribution < 1.29 is 22.0 Å². The molecular formula is C25H26F2N4O3S. The Labute approximate surface area is 203 Å². The predicted molar refractivity (Wildman–Crippen MR) is 126 cm³/mol. The zero-order chi connectivity index (χ0) is 25.7. The van der Waals surface area contributed by atoms with Gasteiger partial charge in [0.1, 0.15) is 11.8 Å². The minimum absolute atomic E-state index is 0.274. The van der Waals surface area contributed by atoms with Crippen LogP contribution >= 0.6 is 0 Å². The van der Waals surface area contributed by atoms with E-state index in [1.165, 1.54) is 13.1 Å². The molecule has 2 aromatic heterocycles. The van der Waals surface area contributed by atoms with E-state index in [9.17, 15) is 27.3 Å². The lowest BCUT2D eigenvalue weighted by Gasteiger charge is -2.41. The Morgan fingerprint density at radius 3 is 2.60 bits per heavy atom. The van der Waals surface area contributed by atoms with Gasteiger partial charge in [-0.05, 0) is 44.0 Å². The third kappa shape index (κ3) is 4.12. The van der Waals surface area contributed by atoms with Gasteiger partial charge in [0.15, 0.2) is 0 Å². The van der Waals surface area contributed by atoms with Gasteiger partial charge in [-0.25, -0.2) is 26.5 Å². The first-order chi connectivity index (χ1) is 16.4. The quantitative estimate of drug-likeness (QED) is 0.626. The maximum absolute atomic E-state index is 14.9. The summed E-state index contributed by atoms with van der Waals surface area (Å²) in [6.07, 6.45) is 3.98. The highest BCUT2D eigenvalue weighted by Crippen LogP contribution is 2.53. The first kappa shape index (κ1) is 24.9. The van der Waals surface area contributed by atoms with E-state index in [-0.39, 0.29) is 5.69 Å². The van der Waals surface area contributed by atoms with Gasteiger partial charge in [-0.2, -0.15) is 5.26 Å². The minimum atomic E-state index is -4.17. The number of hydrogen-bond donors (Lipinski definition) is 0. The molecule has 0 spiro atoms. The van der Waals surface area contributed by atoms with E-state index in [2.05, 4.69) is 16.0 Å². The number of aromatic nitrogens is 2. The van der Waals surface area contributed by atoms with Crippen LogP contribution in [0.3, 0.4) is 0 Å². The van der Waals surface area contributed by atoms with Crippen molar-refractivity contribution in [1.82, 2.24) is 14.3 Å². The highest BCUT2D eigenvalue weighted by molar-refractivity contribution is 7.90. The number of nitrogens with zero attached hydrogens (tertiary/aromatic N) is 4. The standard InChI is InChI=1S/C25H26F2N4O3S/c1-14-19(24-16(3)31(17(4)32)35(33,34)23(24)12-25(14,26)27)9-7-18-8-10-20(15(2)30-18)21-6-5-11-29-22(21)13-28/h5-11,14,16,19,23-24H,12H2,1-4H3/b9-7+/t14-,16+,19-,23+,24-/m0/s1. The number of amides is 1. The zero-order valence-electron chi connectivity index (χ0n) is 19.8. The molecule has 184 valence electrons. The van der Waals surface area contributed by atoms with Gasteiger partial charge >= 0.3 is 0 Å². The first-order valence-electron chi connectivity index (χ1n) is 11.3. The molecule has 2 aromatic rings. The Morgan fingerprint density at radius 2 is 1.97 bits per heavy atom. The Kier molecular flexibility index (Phi) is 6.26. The van der Waals surface area contributed by atoms with Gasteiger partial charge in [-0.15, -0.1) is 0 Å². The fourth-order valence-corrected chi connectivity index (χ4v) is 8.06. The number of hydrogen-bond acceptors (Lipinski definition) is 6. The molecule has 1 saturated carbocycles. The van der Waals surface area contributed by atoms with Gasteiger partial charge in [0, 0.05) is 54.2 Å². The molecule has 0 radical (unpaired) electrons. The summed E-state index contributed by atoms with van der Waals surface area (Å²) in [5.41, 5.74) is 2.81. The van der Waals surface area contributed by atoms with Crippen molar-refractivity contribution in [2.24, 2.45) is 17.8 Å². The Hall–Kier alpha value is -3.19. The van der Waals surface area contributed by atoms with Crippen LogP contribution in [0.5, 0.6) is 0 Å². The lowest BCUT2D eigenvalue weighted by atomic mass is 9.67. The van der Waals surface area contributed by atoms with E-state index >= 15 is 0 Å². The fourth-order valence-electron chi connectivity index (χ4n) is 5.56. The molecule has 2 fully saturated rings. The number of fused-ring (bicyclic) bond motifs is 1. The van der Waals surface area contributed by atoms with Crippen LogP contribution in [0.25, 0.3) is 17.2 Å². The second-order valence-electron chi connectivity index (χ2n) is 9.29. The molecule has 5 atom stereocenters. The molecule has 4 rings (SSSR count). The predicted octanol–water partition coefficient (Wildman–Crippen LogP) is 4.19. The van der Waals surface area contributed by atoms with Crippen LogP contribution in [0.2, 0.25) is 0 Å². The highest BCUT2D eigenvalue weighted by atomic mass is 32.2. The lowest BCUT2D eigenvalue weighted by molar-refractivity contribution is -0.127. The Balaban J connectivity index is 1.70. The number of aryl methyl sites for hydroxylation is 1. The molecule has 1 aliphatic carbocycles. The topological polar surface area (TPSA) is 104 Å². The third-order valence-corrected chi connectivity index (χ3v) is 9.67. The maximum Gasteiger partial charge on any atom is 0.252 e. The number of alkyl halides is 2. The number of halogens is 2. The van der Waals surface area contributed by atoms with E-state index in [0.717, 1.165) is 16.8 Å². The molecule has 2 aliphatic rings. The van der Waals surface area contributed by atoms with Crippen LogP contribution in [0.1, 0.15) is 44.3 Å². The van der Waals surface area contributed by atoms with Crippen LogP contribution < -0.4 is 0 Å². The molecule has 1 aliphatic heterocycles. The average molecular weight is 501 g/mol. The number of carbonyl (C=O) groups is 1. The summed E-state index contributed by atoms with van der Waals surface area (Å²) in [7, 11) is -4.17. The summed E-state index contributed by atoms with van der Waals surface area (Å²) >= 11 is 0. The average Bonchev–Trinajstić information content (AvgIpc) is 2.98. The van der Waals surface area contributed by atoms with Gasteiger partial charge < -0.3 is 0 Å². The molecular weight excluding hydrogens is 474 g/mol. The van der Waals surface area contributed by atoms with E-state index in [1.54, 1.807) is 50.3 Å². The summed E-state index contributed by atoms with van der Waals surface area (Å²) in [5.74, 6) is -6.40. The first-order valence-corrected chi connectivity index (χ1v) is 12.8. The molecule has 0 aromatic carbocycles. The van der Waals surface area contributed by atoms with E-state index in [4.69, 9.17) is 0 Å². The van der Waals surface area contributed by atoms with E-state index in [1.807, 2.05) is 0 Å². The van der Waals surface area contributed by atoms with Crippen molar-refractivity contribution in [2.75, 3.05) is 0 Å². The smallest absolute Gasteiger partial charge is 0.252 e. The molecule has 0 bridgehead atoms. The second-order valence-corrected chi connectivity index (χ2v) is 11.3. The number of carbonyl (C=O) groups excluding carboxylic acids is 1. The van der Waals surface area contributed by atoms with Crippen molar-refractivity contribution in [3.8, 4) is 17.2 Å². The number of nitriles is 1. The van der Waals surface area contributed by atoms with Crippen molar-refractivity contribution in [1.29, 1.82) is 5.26 Å².